The van der Waals surface area contributed by atoms with Gasteiger partial charge in [-0.15, -0.1) is 0 Å². The predicted octanol–water partition coefficient (Wildman–Crippen LogP) is 1.29. The lowest BCUT2D eigenvalue weighted by atomic mass is 10.3. The van der Waals surface area contributed by atoms with E-state index in [1.54, 1.807) is 6.20 Å². The van der Waals surface area contributed by atoms with E-state index in [1.165, 1.54) is 11.5 Å². The van der Waals surface area contributed by atoms with Gasteiger partial charge < -0.3 is 9.84 Å². The Morgan fingerprint density at radius 1 is 1.55 bits per heavy atom. The van der Waals surface area contributed by atoms with Crippen LogP contribution in [0.15, 0.2) is 12.3 Å². The van der Waals surface area contributed by atoms with E-state index < -0.39 is 0 Å². The van der Waals surface area contributed by atoms with Crippen LogP contribution in [0.25, 0.3) is 0 Å². The summed E-state index contributed by atoms with van der Waals surface area (Å²) in [4.78, 5) is 0. The number of unbranched alkanes of at least 4 members (excludes halogenated alkanes) is 1. The van der Waals surface area contributed by atoms with Gasteiger partial charge in [-0.25, -0.2) is 0 Å². The summed E-state index contributed by atoms with van der Waals surface area (Å²) >= 11 is 1.35. The highest BCUT2D eigenvalue weighted by atomic mass is 32.1. The van der Waals surface area contributed by atoms with Gasteiger partial charge >= 0.3 is 0 Å². The van der Waals surface area contributed by atoms with Crippen molar-refractivity contribution in [3.63, 3.8) is 0 Å². The molecule has 3 nitrogen and oxygen atoms in total. The fourth-order valence-electron chi connectivity index (χ4n) is 0.665. The molecule has 62 valence electrons. The average Bonchev–Trinajstić information content (AvgIpc) is 2.50. The number of aliphatic hydroxyl groups excluding tert-OH is 1. The van der Waals surface area contributed by atoms with Gasteiger partial charge in [0.05, 0.1) is 6.61 Å². The van der Waals surface area contributed by atoms with E-state index in [-0.39, 0.29) is 6.61 Å². The molecule has 0 aliphatic heterocycles. The molecule has 0 fully saturated rings. The molecular weight excluding hydrogens is 162 g/mol. The monoisotopic (exact) mass is 173 g/mol. The van der Waals surface area contributed by atoms with Gasteiger partial charge in [0.15, 0.2) is 5.06 Å². The standard InChI is InChI=1S/C7H11NO2S/c9-5-1-2-6-10-7-3-4-8-11-7/h3-4,9H,1-2,5-6H2. The third-order valence-electron chi connectivity index (χ3n) is 1.21. The predicted molar refractivity (Wildman–Crippen MR) is 43.9 cm³/mol. The Morgan fingerprint density at radius 2 is 2.45 bits per heavy atom. The summed E-state index contributed by atoms with van der Waals surface area (Å²) in [5.41, 5.74) is 0. The van der Waals surface area contributed by atoms with Crippen molar-refractivity contribution in [3.05, 3.63) is 12.3 Å². The zero-order valence-electron chi connectivity index (χ0n) is 6.19. The number of hydrogen-bond donors (Lipinski definition) is 1. The molecule has 0 aromatic carbocycles. The maximum Gasteiger partial charge on any atom is 0.193 e. The normalized spacial score (nSPS) is 9.91. The summed E-state index contributed by atoms with van der Waals surface area (Å²) in [6.45, 7) is 0.912. The topological polar surface area (TPSA) is 42.4 Å². The van der Waals surface area contributed by atoms with Crippen molar-refractivity contribution >= 4 is 11.5 Å². The van der Waals surface area contributed by atoms with Crippen LogP contribution in [-0.4, -0.2) is 22.7 Å². The van der Waals surface area contributed by atoms with E-state index in [0.717, 1.165) is 17.9 Å². The van der Waals surface area contributed by atoms with E-state index in [9.17, 15) is 0 Å². The van der Waals surface area contributed by atoms with E-state index >= 15 is 0 Å². The molecule has 1 heterocycles. The molecule has 0 saturated carbocycles. The van der Waals surface area contributed by atoms with Crippen molar-refractivity contribution in [1.82, 2.24) is 4.37 Å². The first-order valence-electron chi connectivity index (χ1n) is 3.58. The molecule has 11 heavy (non-hydrogen) atoms. The fourth-order valence-corrected chi connectivity index (χ4v) is 1.15. The molecule has 0 bridgehead atoms. The molecule has 0 spiro atoms. The molecule has 0 unspecified atom stereocenters. The quantitative estimate of drug-likeness (QED) is 0.682. The number of rotatable bonds is 5. The van der Waals surface area contributed by atoms with Crippen molar-refractivity contribution < 1.29 is 9.84 Å². The lowest BCUT2D eigenvalue weighted by molar-refractivity contribution is 0.256. The first-order chi connectivity index (χ1) is 5.43. The molecule has 0 radical (unpaired) electrons. The van der Waals surface area contributed by atoms with Crippen LogP contribution in [0, 0.1) is 0 Å². The van der Waals surface area contributed by atoms with Crippen molar-refractivity contribution in [1.29, 1.82) is 0 Å². The Morgan fingerprint density at radius 3 is 3.09 bits per heavy atom. The van der Waals surface area contributed by atoms with Gasteiger partial charge in [0, 0.05) is 30.4 Å². The average molecular weight is 173 g/mol. The number of nitrogens with zero attached hydrogens (tertiary/aromatic N) is 1. The van der Waals surface area contributed by atoms with Crippen LogP contribution in [0.1, 0.15) is 12.8 Å². The minimum absolute atomic E-state index is 0.242. The van der Waals surface area contributed by atoms with Crippen molar-refractivity contribution in [3.8, 4) is 5.06 Å². The Labute approximate surface area is 69.8 Å². The van der Waals surface area contributed by atoms with Crippen LogP contribution in [0.3, 0.4) is 0 Å². The third kappa shape index (κ3) is 3.34. The van der Waals surface area contributed by atoms with Crippen LogP contribution >= 0.6 is 11.5 Å². The molecule has 1 rings (SSSR count). The van der Waals surface area contributed by atoms with Gasteiger partial charge in [0.1, 0.15) is 0 Å². The Hall–Kier alpha value is -0.610. The summed E-state index contributed by atoms with van der Waals surface area (Å²) < 4.78 is 9.18. The van der Waals surface area contributed by atoms with Crippen LogP contribution in [0.2, 0.25) is 0 Å². The highest BCUT2D eigenvalue weighted by Gasteiger charge is 1.93. The third-order valence-corrected chi connectivity index (χ3v) is 1.87. The maximum absolute atomic E-state index is 8.46. The molecule has 0 aliphatic carbocycles. The van der Waals surface area contributed by atoms with Gasteiger partial charge in [-0.1, -0.05) is 0 Å². The van der Waals surface area contributed by atoms with Gasteiger partial charge in [0.25, 0.3) is 0 Å². The molecule has 0 saturated heterocycles. The van der Waals surface area contributed by atoms with Crippen LogP contribution < -0.4 is 4.74 Å². The molecule has 1 aromatic heterocycles. The summed E-state index contributed by atoms with van der Waals surface area (Å²) in [5, 5.41) is 9.31. The smallest absolute Gasteiger partial charge is 0.193 e. The summed E-state index contributed by atoms with van der Waals surface area (Å²) in [6, 6.07) is 1.84. The SMILES string of the molecule is OCCCCOc1ccns1. The van der Waals surface area contributed by atoms with Crippen LogP contribution in [0.5, 0.6) is 5.06 Å². The zero-order chi connectivity index (χ0) is 7.94. The number of ether oxygens (including phenoxy) is 1. The first-order valence-corrected chi connectivity index (χ1v) is 4.35. The van der Waals surface area contributed by atoms with E-state index in [2.05, 4.69) is 4.37 Å². The fraction of sp³-hybridized carbons (Fsp3) is 0.571. The molecule has 1 aromatic rings. The zero-order valence-corrected chi connectivity index (χ0v) is 7.01. The molecule has 4 heteroatoms. The second kappa shape index (κ2) is 5.09. The lowest BCUT2D eigenvalue weighted by Gasteiger charge is -1.99. The molecular formula is C7H11NO2S. The molecule has 0 amide bonds. The van der Waals surface area contributed by atoms with Gasteiger partial charge in [-0.2, -0.15) is 4.37 Å². The highest BCUT2D eigenvalue weighted by Crippen LogP contribution is 2.14. The summed E-state index contributed by atoms with van der Waals surface area (Å²) in [7, 11) is 0. The Bertz CT molecular complexity index is 177. The van der Waals surface area contributed by atoms with E-state index in [0.29, 0.717) is 6.61 Å². The van der Waals surface area contributed by atoms with Crippen LogP contribution in [-0.2, 0) is 0 Å². The lowest BCUT2D eigenvalue weighted by Crippen LogP contribution is -1.96. The minimum Gasteiger partial charge on any atom is -0.483 e. The Balaban J connectivity index is 2.04. The second-order valence-corrected chi connectivity index (χ2v) is 2.91. The van der Waals surface area contributed by atoms with Crippen LogP contribution in [0.4, 0.5) is 0 Å². The summed E-state index contributed by atoms with van der Waals surface area (Å²) in [6.07, 6.45) is 3.42. The second-order valence-electron chi connectivity index (χ2n) is 2.11. The number of aliphatic hydroxyl groups is 1. The van der Waals surface area contributed by atoms with Crippen molar-refractivity contribution in [2.75, 3.05) is 13.2 Å². The highest BCUT2D eigenvalue weighted by molar-refractivity contribution is 7.07. The molecule has 0 atom stereocenters. The number of aromatic nitrogens is 1. The van der Waals surface area contributed by atoms with E-state index in [1.807, 2.05) is 6.07 Å². The summed E-state index contributed by atoms with van der Waals surface area (Å²) in [5.74, 6) is 0. The maximum atomic E-state index is 8.46. The number of hydrogen-bond acceptors (Lipinski definition) is 4. The first kappa shape index (κ1) is 8.49. The van der Waals surface area contributed by atoms with Gasteiger partial charge in [0.2, 0.25) is 0 Å². The van der Waals surface area contributed by atoms with E-state index in [4.69, 9.17) is 9.84 Å². The Kier molecular flexibility index (Phi) is 3.93. The van der Waals surface area contributed by atoms with Gasteiger partial charge in [-0.3, -0.25) is 0 Å². The van der Waals surface area contributed by atoms with Crippen molar-refractivity contribution in [2.45, 2.75) is 12.8 Å². The van der Waals surface area contributed by atoms with Gasteiger partial charge in [-0.05, 0) is 12.8 Å². The minimum atomic E-state index is 0.242. The molecule has 1 N–H and O–H groups in total. The van der Waals surface area contributed by atoms with Crippen molar-refractivity contribution in [2.24, 2.45) is 0 Å². The largest absolute Gasteiger partial charge is 0.483 e. The molecule has 0 aliphatic rings.